The molecule has 0 aromatic carbocycles. The molecule has 0 heterocycles. The molecule has 0 radical (unpaired) electrons. The van der Waals surface area contributed by atoms with Crippen molar-refractivity contribution in [1.29, 1.82) is 0 Å². The van der Waals surface area contributed by atoms with Crippen molar-refractivity contribution < 1.29 is 5.11 Å². The lowest BCUT2D eigenvalue weighted by Crippen LogP contribution is -2.06. The molecule has 0 aromatic heterocycles. The van der Waals surface area contributed by atoms with Crippen LogP contribution >= 0.6 is 11.8 Å². The topological polar surface area (TPSA) is 32.6 Å². The molecule has 0 fully saturated rings. The van der Waals surface area contributed by atoms with Gasteiger partial charge in [-0.25, -0.2) is 0 Å². The maximum absolute atomic E-state index is 8.66. The van der Waals surface area contributed by atoms with Crippen LogP contribution in [0.5, 0.6) is 0 Å². The van der Waals surface area contributed by atoms with Gasteiger partial charge in [-0.15, -0.1) is 0 Å². The van der Waals surface area contributed by atoms with Crippen molar-refractivity contribution in [3.05, 3.63) is 0 Å². The Bertz CT molecular complexity index is 204. The molecular formula is C14H29NOS. The first-order chi connectivity index (χ1) is 8.06. The largest absolute Gasteiger partial charge is 0.396 e. The Morgan fingerprint density at radius 2 is 1.88 bits per heavy atom. The minimum atomic E-state index is 0.329. The Morgan fingerprint density at radius 3 is 2.47 bits per heavy atom. The van der Waals surface area contributed by atoms with E-state index in [9.17, 15) is 0 Å². The predicted octanol–water partition coefficient (Wildman–Crippen LogP) is 3.78. The van der Waals surface area contributed by atoms with Crippen LogP contribution in [0.4, 0.5) is 0 Å². The molecule has 0 saturated carbocycles. The summed E-state index contributed by atoms with van der Waals surface area (Å²) >= 11 is 1.98. The molecule has 17 heavy (non-hydrogen) atoms. The molecule has 0 aromatic rings. The number of hydrogen-bond acceptors (Lipinski definition) is 3. The van der Waals surface area contributed by atoms with E-state index in [-0.39, 0.29) is 0 Å². The second kappa shape index (κ2) is 11.1. The second-order valence-corrected chi connectivity index (χ2v) is 6.37. The molecule has 0 bridgehead atoms. The molecule has 0 aliphatic carbocycles. The first-order valence-corrected chi connectivity index (χ1v) is 7.93. The molecule has 102 valence electrons. The monoisotopic (exact) mass is 259 g/mol. The molecule has 3 heteroatoms. The molecule has 1 atom stereocenters. The summed E-state index contributed by atoms with van der Waals surface area (Å²) in [5.41, 5.74) is 1.29. The molecule has 0 amide bonds. The van der Waals surface area contributed by atoms with Crippen molar-refractivity contribution in [2.75, 3.05) is 18.1 Å². The summed E-state index contributed by atoms with van der Waals surface area (Å²) < 4.78 is 0. The molecule has 0 aliphatic heterocycles. The predicted molar refractivity (Wildman–Crippen MR) is 80.3 cm³/mol. The highest BCUT2D eigenvalue weighted by molar-refractivity contribution is 7.99. The average Bonchev–Trinajstić information content (AvgIpc) is 2.21. The number of aliphatic imine (C=N–C) groups is 1. The van der Waals surface area contributed by atoms with Crippen molar-refractivity contribution in [1.82, 2.24) is 0 Å². The van der Waals surface area contributed by atoms with E-state index < -0.39 is 0 Å². The van der Waals surface area contributed by atoms with Gasteiger partial charge in [-0.3, -0.25) is 4.99 Å². The number of unbranched alkanes of at least 4 members (excludes halogenated alkanes) is 1. The summed E-state index contributed by atoms with van der Waals surface area (Å²) in [4.78, 5) is 4.71. The quantitative estimate of drug-likeness (QED) is 0.478. The Balaban J connectivity index is 3.54. The Hall–Kier alpha value is -0.0200. The minimum Gasteiger partial charge on any atom is -0.396 e. The lowest BCUT2D eigenvalue weighted by atomic mass is 10.1. The van der Waals surface area contributed by atoms with Gasteiger partial charge in [0.15, 0.2) is 0 Å². The number of aliphatic hydroxyl groups excluding tert-OH is 1. The summed E-state index contributed by atoms with van der Waals surface area (Å²) in [6, 6.07) is 0.457. The number of rotatable bonds is 10. The molecule has 0 aliphatic rings. The van der Waals surface area contributed by atoms with Gasteiger partial charge in [0.05, 0.1) is 0 Å². The molecule has 2 nitrogen and oxygen atoms in total. The fourth-order valence-corrected chi connectivity index (χ4v) is 2.88. The van der Waals surface area contributed by atoms with Crippen LogP contribution in [0.2, 0.25) is 0 Å². The van der Waals surface area contributed by atoms with Crippen molar-refractivity contribution >= 4 is 17.5 Å². The van der Waals surface area contributed by atoms with Gasteiger partial charge in [0.25, 0.3) is 0 Å². The van der Waals surface area contributed by atoms with Crippen LogP contribution in [-0.4, -0.2) is 35.0 Å². The van der Waals surface area contributed by atoms with E-state index in [0.29, 0.717) is 18.6 Å². The summed E-state index contributed by atoms with van der Waals surface area (Å²) in [6.45, 7) is 9.15. The fourth-order valence-electron chi connectivity index (χ4n) is 1.76. The van der Waals surface area contributed by atoms with Gasteiger partial charge in [0, 0.05) is 18.4 Å². The van der Waals surface area contributed by atoms with Crippen LogP contribution in [0.3, 0.4) is 0 Å². The maximum Gasteiger partial charge on any atom is 0.0478 e. The summed E-state index contributed by atoms with van der Waals surface area (Å²) in [5, 5.41) is 8.66. The van der Waals surface area contributed by atoms with E-state index >= 15 is 0 Å². The fraction of sp³-hybridized carbons (Fsp3) is 0.929. The summed E-state index contributed by atoms with van der Waals surface area (Å²) in [6.07, 6.45) is 4.35. The number of aliphatic hydroxyl groups is 1. The summed E-state index contributed by atoms with van der Waals surface area (Å²) in [7, 11) is 0. The van der Waals surface area contributed by atoms with Gasteiger partial charge in [-0.05, 0) is 57.0 Å². The van der Waals surface area contributed by atoms with Crippen LogP contribution in [-0.2, 0) is 0 Å². The number of hydrogen-bond donors (Lipinski definition) is 1. The van der Waals surface area contributed by atoms with Gasteiger partial charge >= 0.3 is 0 Å². The van der Waals surface area contributed by atoms with Crippen LogP contribution in [0.1, 0.15) is 53.4 Å². The van der Waals surface area contributed by atoms with Crippen molar-refractivity contribution in [3.63, 3.8) is 0 Å². The van der Waals surface area contributed by atoms with Crippen molar-refractivity contribution in [2.24, 2.45) is 10.9 Å². The van der Waals surface area contributed by atoms with Crippen LogP contribution in [0.25, 0.3) is 0 Å². The third-order valence-electron chi connectivity index (χ3n) is 2.52. The first kappa shape index (κ1) is 17.0. The van der Waals surface area contributed by atoms with Gasteiger partial charge in [0.2, 0.25) is 0 Å². The Morgan fingerprint density at radius 1 is 1.18 bits per heavy atom. The third-order valence-corrected chi connectivity index (χ3v) is 3.62. The van der Waals surface area contributed by atoms with Gasteiger partial charge in [-0.2, -0.15) is 11.8 Å². The van der Waals surface area contributed by atoms with Gasteiger partial charge in [-0.1, -0.05) is 13.8 Å². The van der Waals surface area contributed by atoms with Crippen LogP contribution in [0.15, 0.2) is 4.99 Å². The molecular weight excluding hydrogens is 230 g/mol. The van der Waals surface area contributed by atoms with Gasteiger partial charge < -0.3 is 5.11 Å². The number of thioether (sulfide) groups is 1. The minimum absolute atomic E-state index is 0.329. The van der Waals surface area contributed by atoms with Crippen molar-refractivity contribution in [2.45, 2.75) is 59.4 Å². The maximum atomic E-state index is 8.66. The van der Waals surface area contributed by atoms with E-state index in [1.807, 2.05) is 11.8 Å². The first-order valence-electron chi connectivity index (χ1n) is 6.78. The molecule has 1 N–H and O–H groups in total. The van der Waals surface area contributed by atoms with Crippen molar-refractivity contribution in [3.8, 4) is 0 Å². The SMILES string of the molecule is CC(CC(C)C)=NC(C)CCSCCCCO. The third kappa shape index (κ3) is 12.2. The average molecular weight is 259 g/mol. The van der Waals surface area contributed by atoms with E-state index in [4.69, 9.17) is 10.1 Å². The lowest BCUT2D eigenvalue weighted by molar-refractivity contribution is 0.287. The Labute approximate surface area is 111 Å². The van der Waals surface area contributed by atoms with E-state index in [1.165, 1.54) is 23.6 Å². The van der Waals surface area contributed by atoms with E-state index in [1.54, 1.807) is 0 Å². The highest BCUT2D eigenvalue weighted by Gasteiger charge is 2.02. The molecule has 0 spiro atoms. The zero-order valence-corrected chi connectivity index (χ0v) is 12.7. The zero-order chi connectivity index (χ0) is 13.1. The van der Waals surface area contributed by atoms with Crippen LogP contribution < -0.4 is 0 Å². The number of nitrogens with zero attached hydrogens (tertiary/aromatic N) is 1. The van der Waals surface area contributed by atoms with E-state index in [2.05, 4.69) is 27.7 Å². The Kier molecular flexibility index (Phi) is 11.1. The smallest absolute Gasteiger partial charge is 0.0478 e. The highest BCUT2D eigenvalue weighted by atomic mass is 32.2. The molecule has 0 rings (SSSR count). The zero-order valence-electron chi connectivity index (χ0n) is 11.9. The molecule has 1 unspecified atom stereocenters. The summed E-state index contributed by atoms with van der Waals surface area (Å²) in [5.74, 6) is 3.06. The lowest BCUT2D eigenvalue weighted by Gasteiger charge is -2.10. The second-order valence-electron chi connectivity index (χ2n) is 5.14. The van der Waals surface area contributed by atoms with Crippen LogP contribution in [0, 0.1) is 5.92 Å². The molecule has 0 saturated heterocycles. The van der Waals surface area contributed by atoms with Gasteiger partial charge in [0.1, 0.15) is 0 Å². The highest BCUT2D eigenvalue weighted by Crippen LogP contribution is 2.10. The standard InChI is InChI=1S/C14H29NOS/c1-12(2)11-14(4)15-13(3)7-10-17-9-6-5-8-16/h12-13,16H,5-11H2,1-4H3. The normalized spacial score (nSPS) is 14.4. The van der Waals surface area contributed by atoms with E-state index in [0.717, 1.165) is 19.3 Å².